The van der Waals surface area contributed by atoms with Crippen molar-refractivity contribution in [1.29, 1.82) is 0 Å². The van der Waals surface area contributed by atoms with Gasteiger partial charge in [0.25, 0.3) is 0 Å². The smallest absolute Gasteiger partial charge is 0.223 e. The van der Waals surface area contributed by atoms with Crippen molar-refractivity contribution in [2.24, 2.45) is 13.0 Å². The van der Waals surface area contributed by atoms with E-state index in [0.29, 0.717) is 12.1 Å². The molecule has 170 valence electrons. The maximum Gasteiger partial charge on any atom is 0.223 e. The number of nitrogens with zero attached hydrogens (tertiary/aromatic N) is 5. The van der Waals surface area contributed by atoms with E-state index >= 15 is 0 Å². The van der Waals surface area contributed by atoms with Crippen molar-refractivity contribution >= 4 is 17.2 Å². The molecule has 0 bridgehead atoms. The van der Waals surface area contributed by atoms with Crippen LogP contribution in [0.3, 0.4) is 0 Å². The molecule has 0 spiro atoms. The van der Waals surface area contributed by atoms with E-state index in [1.54, 1.807) is 11.3 Å². The van der Waals surface area contributed by atoms with Crippen molar-refractivity contribution in [2.75, 3.05) is 26.2 Å². The molecular weight excluding hydrogens is 408 g/mol. The van der Waals surface area contributed by atoms with Crippen molar-refractivity contribution in [1.82, 2.24) is 29.9 Å². The first kappa shape index (κ1) is 22.4. The molecule has 2 fully saturated rings. The molecule has 1 amide bonds. The third-order valence-corrected chi connectivity index (χ3v) is 7.86. The quantitative estimate of drug-likeness (QED) is 0.742. The summed E-state index contributed by atoms with van der Waals surface area (Å²) in [5.74, 6) is 0.467. The molecular formula is C23H36N6OS. The molecule has 0 unspecified atom stereocenters. The fraction of sp³-hybridized carbons (Fsp3) is 0.696. The molecule has 0 aliphatic carbocycles. The summed E-state index contributed by atoms with van der Waals surface area (Å²) in [5.41, 5.74) is 5.16. The Balaban J connectivity index is 1.24. The van der Waals surface area contributed by atoms with Crippen molar-refractivity contribution in [2.45, 2.75) is 65.1 Å². The van der Waals surface area contributed by atoms with Crippen molar-refractivity contribution in [3.05, 3.63) is 23.0 Å². The molecule has 7 nitrogen and oxygen atoms in total. The third-order valence-electron chi connectivity index (χ3n) is 6.91. The minimum absolute atomic E-state index is 0.191. The van der Waals surface area contributed by atoms with Gasteiger partial charge in [-0.25, -0.2) is 4.98 Å². The molecule has 31 heavy (non-hydrogen) atoms. The Bertz CT molecular complexity index is 875. The molecule has 4 heterocycles. The van der Waals surface area contributed by atoms with Crippen LogP contribution in [0.25, 0.3) is 10.6 Å². The fourth-order valence-corrected chi connectivity index (χ4v) is 5.53. The van der Waals surface area contributed by atoms with Gasteiger partial charge in [-0.1, -0.05) is 0 Å². The first-order valence-corrected chi connectivity index (χ1v) is 12.5. The average Bonchev–Trinajstić information content (AvgIpc) is 3.34. The molecule has 8 heteroatoms. The zero-order chi connectivity index (χ0) is 22.0. The Labute approximate surface area is 189 Å². The third kappa shape index (κ3) is 5.35. The van der Waals surface area contributed by atoms with Crippen molar-refractivity contribution < 1.29 is 4.79 Å². The summed E-state index contributed by atoms with van der Waals surface area (Å²) in [6, 6.07) is 3.08. The highest BCUT2D eigenvalue weighted by Gasteiger charge is 2.28. The van der Waals surface area contributed by atoms with Crippen LogP contribution in [0.5, 0.6) is 0 Å². The number of carbonyl (C=O) groups excluding carboxylic acids is 1. The molecule has 0 atom stereocenters. The van der Waals surface area contributed by atoms with E-state index in [1.165, 1.54) is 5.69 Å². The predicted octanol–water partition coefficient (Wildman–Crippen LogP) is 3.05. The number of thiazole rings is 1. The highest BCUT2D eigenvalue weighted by Crippen LogP contribution is 2.27. The standard InChI is InChI=1S/C23H36N6OS/c1-16(2)29-11-5-18(6-12-29)23(30)25-19-7-9-28(10-8-19)14-20-13-21(26-27(20)4)22-17(3)24-15-31-22/h13,15-16,18-19H,5-12,14H2,1-4H3,(H,25,30). The Hall–Kier alpha value is -1.77. The van der Waals surface area contributed by atoms with Gasteiger partial charge in [0.2, 0.25) is 5.91 Å². The van der Waals surface area contributed by atoms with Gasteiger partial charge in [-0.15, -0.1) is 11.3 Å². The lowest BCUT2D eigenvalue weighted by atomic mass is 9.94. The first-order valence-electron chi connectivity index (χ1n) is 11.6. The molecule has 2 aliphatic heterocycles. The summed E-state index contributed by atoms with van der Waals surface area (Å²) in [4.78, 5) is 23.2. The van der Waals surface area contributed by atoms with Crippen LogP contribution < -0.4 is 5.32 Å². The Kier molecular flexibility index (Phi) is 7.08. The van der Waals surface area contributed by atoms with Gasteiger partial charge in [0.1, 0.15) is 5.69 Å². The zero-order valence-corrected chi connectivity index (χ0v) is 20.1. The fourth-order valence-electron chi connectivity index (χ4n) is 4.77. The maximum atomic E-state index is 12.7. The summed E-state index contributed by atoms with van der Waals surface area (Å²) < 4.78 is 1.99. The lowest BCUT2D eigenvalue weighted by Gasteiger charge is -2.36. The van der Waals surface area contributed by atoms with Crippen molar-refractivity contribution in [3.63, 3.8) is 0 Å². The van der Waals surface area contributed by atoms with Gasteiger partial charge in [0.05, 0.1) is 21.8 Å². The highest BCUT2D eigenvalue weighted by atomic mass is 32.1. The number of piperidine rings is 2. The molecule has 1 N–H and O–H groups in total. The van der Waals surface area contributed by atoms with Crippen LogP contribution in [-0.4, -0.2) is 68.7 Å². The Morgan fingerprint density at radius 2 is 1.90 bits per heavy atom. The first-order chi connectivity index (χ1) is 14.9. The van der Waals surface area contributed by atoms with Crippen LogP contribution in [0, 0.1) is 12.8 Å². The van der Waals surface area contributed by atoms with E-state index in [1.807, 2.05) is 24.2 Å². The molecule has 0 radical (unpaired) electrons. The van der Waals surface area contributed by atoms with Gasteiger partial charge >= 0.3 is 0 Å². The summed E-state index contributed by atoms with van der Waals surface area (Å²) in [6.45, 7) is 11.5. The van der Waals surface area contributed by atoms with Crippen LogP contribution in [0.1, 0.15) is 50.9 Å². The van der Waals surface area contributed by atoms with Crippen LogP contribution in [0.15, 0.2) is 11.6 Å². The largest absolute Gasteiger partial charge is 0.353 e. The van der Waals surface area contributed by atoms with Crippen LogP contribution in [0.2, 0.25) is 0 Å². The number of aromatic nitrogens is 3. The van der Waals surface area contributed by atoms with Crippen molar-refractivity contribution in [3.8, 4) is 10.6 Å². The number of carbonyl (C=O) groups is 1. The van der Waals surface area contributed by atoms with Crippen LogP contribution >= 0.6 is 11.3 Å². The predicted molar refractivity (Wildman–Crippen MR) is 125 cm³/mol. The molecule has 0 aromatic carbocycles. The lowest BCUT2D eigenvalue weighted by Crippen LogP contribution is -2.48. The number of likely N-dealkylation sites (tertiary alicyclic amines) is 2. The van der Waals surface area contributed by atoms with Crippen LogP contribution in [0.4, 0.5) is 0 Å². The lowest BCUT2D eigenvalue weighted by molar-refractivity contribution is -0.127. The molecule has 2 saturated heterocycles. The second-order valence-corrected chi connectivity index (χ2v) is 10.2. The number of aryl methyl sites for hydroxylation is 2. The van der Waals surface area contributed by atoms with E-state index in [9.17, 15) is 4.79 Å². The van der Waals surface area contributed by atoms with Gasteiger partial charge < -0.3 is 10.2 Å². The maximum absolute atomic E-state index is 12.7. The van der Waals surface area contributed by atoms with Gasteiger partial charge in [-0.2, -0.15) is 5.10 Å². The second-order valence-electron chi connectivity index (χ2n) is 9.37. The number of nitrogens with one attached hydrogen (secondary N) is 1. The molecule has 0 saturated carbocycles. The number of rotatable bonds is 6. The minimum atomic E-state index is 0.191. The van der Waals surface area contributed by atoms with Gasteiger partial charge in [0, 0.05) is 44.7 Å². The van der Waals surface area contributed by atoms with Gasteiger partial charge in [-0.05, 0) is 65.6 Å². The normalized spacial score (nSPS) is 19.9. The summed E-state index contributed by atoms with van der Waals surface area (Å²) in [5, 5.41) is 8.05. The highest BCUT2D eigenvalue weighted by molar-refractivity contribution is 7.13. The summed E-state index contributed by atoms with van der Waals surface area (Å²) >= 11 is 1.65. The Morgan fingerprint density at radius 1 is 1.19 bits per heavy atom. The van der Waals surface area contributed by atoms with E-state index in [4.69, 9.17) is 5.10 Å². The zero-order valence-electron chi connectivity index (χ0n) is 19.3. The monoisotopic (exact) mass is 444 g/mol. The summed E-state index contributed by atoms with van der Waals surface area (Å²) in [7, 11) is 2.02. The number of hydrogen-bond acceptors (Lipinski definition) is 6. The number of amides is 1. The average molecular weight is 445 g/mol. The van der Waals surface area contributed by atoms with Crippen LogP contribution in [-0.2, 0) is 18.4 Å². The van der Waals surface area contributed by atoms with Gasteiger partial charge in [0.15, 0.2) is 0 Å². The molecule has 2 aromatic heterocycles. The molecule has 4 rings (SSSR count). The van der Waals surface area contributed by atoms with E-state index in [0.717, 1.165) is 74.7 Å². The molecule has 2 aromatic rings. The van der Waals surface area contributed by atoms with E-state index in [2.05, 4.69) is 40.0 Å². The van der Waals surface area contributed by atoms with E-state index < -0.39 is 0 Å². The topological polar surface area (TPSA) is 66.3 Å². The summed E-state index contributed by atoms with van der Waals surface area (Å²) in [6.07, 6.45) is 4.03. The Morgan fingerprint density at radius 3 is 2.52 bits per heavy atom. The van der Waals surface area contributed by atoms with Gasteiger partial charge in [-0.3, -0.25) is 14.4 Å². The van der Waals surface area contributed by atoms with E-state index in [-0.39, 0.29) is 11.8 Å². The number of hydrogen-bond donors (Lipinski definition) is 1. The molecule has 2 aliphatic rings. The SMILES string of the molecule is Cc1ncsc1-c1cc(CN2CCC(NC(=O)C3CCN(C(C)C)CC3)CC2)n(C)n1. The second kappa shape index (κ2) is 9.79. The minimum Gasteiger partial charge on any atom is -0.353 e.